The minimum atomic E-state index is -3.50. The number of benzene rings is 2. The molecule has 2 aliphatic rings. The van der Waals surface area contributed by atoms with Gasteiger partial charge in [0.25, 0.3) is 0 Å². The van der Waals surface area contributed by atoms with Crippen LogP contribution in [0.5, 0.6) is 11.5 Å². The Labute approximate surface area is 138 Å². The van der Waals surface area contributed by atoms with Gasteiger partial charge in [-0.25, -0.2) is 8.42 Å². The van der Waals surface area contributed by atoms with Crippen LogP contribution in [-0.4, -0.2) is 26.5 Å². The molecule has 1 fully saturated rings. The fourth-order valence-electron chi connectivity index (χ4n) is 3.02. The van der Waals surface area contributed by atoms with E-state index in [1.165, 1.54) is 12.1 Å². The summed E-state index contributed by atoms with van der Waals surface area (Å²) < 4.78 is 36.1. The number of nitrogens with two attached hydrogens (primary N) is 1. The van der Waals surface area contributed by atoms with Crippen LogP contribution < -0.4 is 15.2 Å². The molecule has 0 saturated heterocycles. The summed E-state index contributed by atoms with van der Waals surface area (Å²) in [5.41, 5.74) is 6.92. The Hall–Kier alpha value is -1.76. The van der Waals surface area contributed by atoms with Crippen molar-refractivity contribution >= 4 is 21.4 Å². The van der Waals surface area contributed by atoms with Crippen molar-refractivity contribution in [1.82, 2.24) is 0 Å². The zero-order valence-electron chi connectivity index (χ0n) is 12.0. The lowest BCUT2D eigenvalue weighted by Crippen LogP contribution is -2.15. The average Bonchev–Trinajstić information content (AvgIpc) is 3.01. The summed E-state index contributed by atoms with van der Waals surface area (Å²) in [5, 5.41) is -0.139. The van der Waals surface area contributed by atoms with E-state index in [0.717, 1.165) is 5.56 Å². The molecule has 23 heavy (non-hydrogen) atoms. The maximum atomic E-state index is 12.8. The van der Waals surface area contributed by atoms with Gasteiger partial charge < -0.3 is 15.2 Å². The Balaban J connectivity index is 1.65. The largest absolute Gasteiger partial charge is 0.454 e. The number of hydrogen-bond acceptors (Lipinski definition) is 5. The van der Waals surface area contributed by atoms with Crippen LogP contribution >= 0.6 is 11.6 Å². The second-order valence-corrected chi connectivity index (χ2v) is 8.22. The number of ether oxygens (including phenoxy) is 2. The summed E-state index contributed by atoms with van der Waals surface area (Å²) in [7, 11) is -3.50. The Morgan fingerprint density at radius 3 is 2.48 bits per heavy atom. The first kappa shape index (κ1) is 14.8. The average molecular weight is 352 g/mol. The highest BCUT2D eigenvalue weighted by Crippen LogP contribution is 2.49. The lowest BCUT2D eigenvalue weighted by Gasteiger charge is -2.05. The highest BCUT2D eigenvalue weighted by Gasteiger charge is 2.57. The van der Waals surface area contributed by atoms with Gasteiger partial charge in [0.15, 0.2) is 21.3 Å². The van der Waals surface area contributed by atoms with Crippen LogP contribution in [0.1, 0.15) is 11.5 Å². The van der Waals surface area contributed by atoms with E-state index in [0.29, 0.717) is 16.5 Å². The Bertz CT molecular complexity index is 866. The molecule has 1 aliphatic carbocycles. The molecular formula is C16H14ClNO4S. The lowest BCUT2D eigenvalue weighted by molar-refractivity contribution is 0.174. The standard InChI is InChI=1S/C16H14ClNO4S/c17-10-2-4-11(5-3-10)23(19,20)16-14(15(16)18)9-1-6-12-13(7-9)22-8-21-12/h1-7,14-16H,8,18H2/t14-,15-,16+/m1/s1. The molecule has 0 spiro atoms. The third-order valence-electron chi connectivity index (χ3n) is 4.29. The summed E-state index contributed by atoms with van der Waals surface area (Å²) in [4.78, 5) is 0.241. The molecule has 0 amide bonds. The maximum Gasteiger partial charge on any atom is 0.231 e. The van der Waals surface area contributed by atoms with Gasteiger partial charge in [-0.05, 0) is 42.0 Å². The van der Waals surface area contributed by atoms with Crippen molar-refractivity contribution in [3.63, 3.8) is 0 Å². The summed E-state index contributed by atoms with van der Waals surface area (Å²) in [5.74, 6) is 1.05. The highest BCUT2D eigenvalue weighted by atomic mass is 35.5. The van der Waals surface area contributed by atoms with Gasteiger partial charge in [-0.15, -0.1) is 0 Å². The quantitative estimate of drug-likeness (QED) is 0.918. The van der Waals surface area contributed by atoms with E-state index in [1.807, 2.05) is 12.1 Å². The van der Waals surface area contributed by atoms with Gasteiger partial charge in [-0.1, -0.05) is 17.7 Å². The van der Waals surface area contributed by atoms with Gasteiger partial charge >= 0.3 is 0 Å². The molecule has 0 bridgehead atoms. The third-order valence-corrected chi connectivity index (χ3v) is 6.79. The van der Waals surface area contributed by atoms with Crippen molar-refractivity contribution < 1.29 is 17.9 Å². The first-order valence-electron chi connectivity index (χ1n) is 7.13. The normalized spacial score (nSPS) is 25.4. The molecule has 120 valence electrons. The summed E-state index contributed by atoms with van der Waals surface area (Å²) >= 11 is 5.82. The van der Waals surface area contributed by atoms with E-state index in [4.69, 9.17) is 26.8 Å². The number of halogens is 1. The molecular weight excluding hydrogens is 338 g/mol. The fraction of sp³-hybridized carbons (Fsp3) is 0.250. The van der Waals surface area contributed by atoms with E-state index < -0.39 is 21.1 Å². The molecule has 2 aromatic carbocycles. The minimum absolute atomic E-state index is 0.183. The number of hydrogen-bond donors (Lipinski definition) is 1. The maximum absolute atomic E-state index is 12.8. The molecule has 1 saturated carbocycles. The smallest absolute Gasteiger partial charge is 0.231 e. The zero-order chi connectivity index (χ0) is 16.2. The van der Waals surface area contributed by atoms with Crippen LogP contribution in [0, 0.1) is 0 Å². The van der Waals surface area contributed by atoms with Crippen molar-refractivity contribution in [1.29, 1.82) is 0 Å². The third kappa shape index (κ3) is 2.38. The summed E-state index contributed by atoms with van der Waals surface area (Å²) in [6, 6.07) is 11.2. The van der Waals surface area contributed by atoms with Gasteiger partial charge in [0.1, 0.15) is 0 Å². The van der Waals surface area contributed by atoms with Crippen molar-refractivity contribution in [2.75, 3.05) is 6.79 Å². The van der Waals surface area contributed by atoms with Crippen molar-refractivity contribution in [2.24, 2.45) is 5.73 Å². The summed E-state index contributed by atoms with van der Waals surface area (Å²) in [6.45, 7) is 0.183. The van der Waals surface area contributed by atoms with Crippen LogP contribution in [-0.2, 0) is 9.84 Å². The second-order valence-electron chi connectivity index (χ2n) is 5.68. The SMILES string of the molecule is N[C@@H]1[C@@H](c2ccc3c(c2)OCO3)[C@@H]1S(=O)(=O)c1ccc(Cl)cc1. The first-order chi connectivity index (χ1) is 11.0. The molecule has 7 heteroatoms. The highest BCUT2D eigenvalue weighted by molar-refractivity contribution is 7.92. The van der Waals surface area contributed by atoms with E-state index in [-0.39, 0.29) is 17.6 Å². The van der Waals surface area contributed by atoms with Gasteiger partial charge in [0, 0.05) is 17.0 Å². The van der Waals surface area contributed by atoms with E-state index >= 15 is 0 Å². The molecule has 4 rings (SSSR count). The van der Waals surface area contributed by atoms with Gasteiger partial charge in [-0.2, -0.15) is 0 Å². The summed E-state index contributed by atoms with van der Waals surface area (Å²) in [6.07, 6.45) is 0. The molecule has 5 nitrogen and oxygen atoms in total. The van der Waals surface area contributed by atoms with E-state index in [2.05, 4.69) is 0 Å². The number of rotatable bonds is 3. The van der Waals surface area contributed by atoms with E-state index in [1.54, 1.807) is 18.2 Å². The lowest BCUT2D eigenvalue weighted by atomic mass is 10.1. The zero-order valence-corrected chi connectivity index (χ0v) is 13.5. The van der Waals surface area contributed by atoms with Gasteiger partial charge in [-0.3, -0.25) is 0 Å². The van der Waals surface area contributed by atoms with Crippen LogP contribution in [0.4, 0.5) is 0 Å². The first-order valence-corrected chi connectivity index (χ1v) is 9.05. The Morgan fingerprint density at radius 2 is 1.74 bits per heavy atom. The Morgan fingerprint density at radius 1 is 1.04 bits per heavy atom. The van der Waals surface area contributed by atoms with E-state index in [9.17, 15) is 8.42 Å². The minimum Gasteiger partial charge on any atom is -0.454 e. The van der Waals surface area contributed by atoms with Crippen LogP contribution in [0.3, 0.4) is 0 Å². The van der Waals surface area contributed by atoms with Gasteiger partial charge in [0.05, 0.1) is 10.1 Å². The molecule has 2 aromatic rings. The Kier molecular flexibility index (Phi) is 3.30. The molecule has 2 N–H and O–H groups in total. The predicted octanol–water partition coefficient (Wildman–Crippen LogP) is 2.34. The number of fused-ring (bicyclic) bond motifs is 1. The van der Waals surface area contributed by atoms with Crippen molar-refractivity contribution in [2.45, 2.75) is 22.1 Å². The van der Waals surface area contributed by atoms with Crippen LogP contribution in [0.15, 0.2) is 47.4 Å². The molecule has 1 heterocycles. The van der Waals surface area contributed by atoms with Crippen LogP contribution in [0.25, 0.3) is 0 Å². The van der Waals surface area contributed by atoms with Crippen molar-refractivity contribution in [3.05, 3.63) is 53.1 Å². The molecule has 1 aliphatic heterocycles. The van der Waals surface area contributed by atoms with Crippen LogP contribution in [0.2, 0.25) is 5.02 Å². The topological polar surface area (TPSA) is 78.6 Å². The monoisotopic (exact) mass is 351 g/mol. The molecule has 0 aromatic heterocycles. The number of sulfone groups is 1. The molecule has 0 radical (unpaired) electrons. The van der Waals surface area contributed by atoms with Gasteiger partial charge in [0.2, 0.25) is 6.79 Å². The predicted molar refractivity (Wildman–Crippen MR) is 85.7 cm³/mol. The second kappa shape index (κ2) is 5.12. The fourth-order valence-corrected chi connectivity index (χ4v) is 5.19. The molecule has 0 unspecified atom stereocenters. The molecule has 3 atom stereocenters. The van der Waals surface area contributed by atoms with Crippen molar-refractivity contribution in [3.8, 4) is 11.5 Å².